The molecule has 2 amide bonds. The number of rotatable bonds is 7. The molecule has 146 valence electrons. The van der Waals surface area contributed by atoms with Crippen LogP contribution in [0.1, 0.15) is 18.7 Å². The molecule has 0 spiro atoms. The van der Waals surface area contributed by atoms with Crippen molar-refractivity contribution in [3.8, 4) is 22.9 Å². The molecule has 1 aromatic carbocycles. The smallest absolute Gasteiger partial charge is 0.318 e. The second kappa shape index (κ2) is 8.72. The first kappa shape index (κ1) is 19.0. The van der Waals surface area contributed by atoms with Crippen molar-refractivity contribution < 1.29 is 23.5 Å². The molecule has 3 rings (SSSR count). The summed E-state index contributed by atoms with van der Waals surface area (Å²) in [4.78, 5) is 18.5. The number of amides is 2. The molecule has 1 aliphatic rings. The molecule has 1 unspecified atom stereocenters. The number of carbonyl (C=O) groups is 1. The van der Waals surface area contributed by atoms with Gasteiger partial charge in [-0.05, 0) is 31.0 Å². The number of nitrogens with zero attached hydrogens (tertiary/aromatic N) is 3. The monoisotopic (exact) mass is 376 g/mol. The summed E-state index contributed by atoms with van der Waals surface area (Å²) < 4.78 is 20.9. The van der Waals surface area contributed by atoms with Crippen LogP contribution in [0.15, 0.2) is 22.7 Å². The fourth-order valence-electron chi connectivity index (χ4n) is 3.14. The van der Waals surface area contributed by atoms with Crippen LogP contribution in [0.3, 0.4) is 0 Å². The number of aromatic nitrogens is 2. The average molecular weight is 376 g/mol. The molecule has 0 aliphatic carbocycles. The Labute approximate surface area is 157 Å². The summed E-state index contributed by atoms with van der Waals surface area (Å²) in [6, 6.07) is 5.31. The Balaban J connectivity index is 1.62. The summed E-state index contributed by atoms with van der Waals surface area (Å²) in [5.74, 6) is 1.94. The number of nitrogens with one attached hydrogen (secondary N) is 1. The van der Waals surface area contributed by atoms with E-state index in [2.05, 4.69) is 15.5 Å². The first-order chi connectivity index (χ1) is 13.2. The van der Waals surface area contributed by atoms with E-state index in [4.69, 9.17) is 18.7 Å². The number of ether oxygens (including phenoxy) is 3. The maximum atomic E-state index is 12.4. The molecule has 1 saturated heterocycles. The van der Waals surface area contributed by atoms with E-state index in [9.17, 15) is 4.79 Å². The molecule has 2 heterocycles. The van der Waals surface area contributed by atoms with E-state index >= 15 is 0 Å². The number of carbonyl (C=O) groups excluding carboxylic acids is 1. The Kier molecular flexibility index (Phi) is 6.12. The fourth-order valence-corrected chi connectivity index (χ4v) is 3.14. The van der Waals surface area contributed by atoms with E-state index in [1.165, 1.54) is 0 Å². The highest BCUT2D eigenvalue weighted by Gasteiger charge is 2.28. The summed E-state index contributed by atoms with van der Waals surface area (Å²) in [5, 5.41) is 6.80. The minimum Gasteiger partial charge on any atom is -0.493 e. The van der Waals surface area contributed by atoms with Gasteiger partial charge in [-0.2, -0.15) is 4.98 Å². The molecule has 1 aliphatic heterocycles. The van der Waals surface area contributed by atoms with Crippen LogP contribution in [0.2, 0.25) is 0 Å². The number of benzene rings is 1. The Morgan fingerprint density at radius 2 is 2.11 bits per heavy atom. The number of hydrogen-bond donors (Lipinski definition) is 1. The van der Waals surface area contributed by atoms with Crippen LogP contribution in [0.4, 0.5) is 4.79 Å². The van der Waals surface area contributed by atoms with Gasteiger partial charge in [0.2, 0.25) is 11.7 Å². The van der Waals surface area contributed by atoms with Gasteiger partial charge in [-0.1, -0.05) is 5.16 Å². The van der Waals surface area contributed by atoms with Gasteiger partial charge in [0, 0.05) is 19.2 Å². The third-order valence-electron chi connectivity index (χ3n) is 4.50. The van der Waals surface area contributed by atoms with Gasteiger partial charge in [0.05, 0.1) is 33.4 Å². The minimum absolute atomic E-state index is 0.111. The Morgan fingerprint density at radius 1 is 1.30 bits per heavy atom. The molecule has 0 bridgehead atoms. The van der Waals surface area contributed by atoms with Crippen LogP contribution in [0.5, 0.6) is 11.5 Å². The highest BCUT2D eigenvalue weighted by molar-refractivity contribution is 5.74. The van der Waals surface area contributed by atoms with Gasteiger partial charge in [0.25, 0.3) is 0 Å². The highest BCUT2D eigenvalue weighted by atomic mass is 16.5. The SMILES string of the molecule is COCC1CCCN1C(=O)NCc1nc(-c2ccc(OC)c(OC)c2)no1. The van der Waals surface area contributed by atoms with Gasteiger partial charge < -0.3 is 29.0 Å². The van der Waals surface area contributed by atoms with Crippen LogP contribution in [0.25, 0.3) is 11.4 Å². The third kappa shape index (κ3) is 4.30. The maximum Gasteiger partial charge on any atom is 0.318 e. The van der Waals surface area contributed by atoms with Crippen LogP contribution >= 0.6 is 0 Å². The Morgan fingerprint density at radius 3 is 2.85 bits per heavy atom. The second-order valence-electron chi connectivity index (χ2n) is 6.18. The third-order valence-corrected chi connectivity index (χ3v) is 4.50. The van der Waals surface area contributed by atoms with Crippen molar-refractivity contribution in [1.82, 2.24) is 20.4 Å². The van der Waals surface area contributed by atoms with Gasteiger partial charge in [0.15, 0.2) is 11.5 Å². The maximum absolute atomic E-state index is 12.4. The van der Waals surface area contributed by atoms with Crippen molar-refractivity contribution in [2.75, 3.05) is 34.5 Å². The van der Waals surface area contributed by atoms with Crippen LogP contribution in [-0.4, -0.2) is 61.6 Å². The molecule has 1 fully saturated rings. The largest absolute Gasteiger partial charge is 0.493 e. The summed E-state index contributed by atoms with van der Waals surface area (Å²) in [7, 11) is 4.78. The lowest BCUT2D eigenvalue weighted by molar-refractivity contribution is 0.123. The quantitative estimate of drug-likeness (QED) is 0.790. The van der Waals surface area contributed by atoms with Crippen molar-refractivity contribution in [2.24, 2.45) is 0 Å². The molecular formula is C18H24N4O5. The molecule has 0 radical (unpaired) electrons. The van der Waals surface area contributed by atoms with Crippen LogP contribution in [-0.2, 0) is 11.3 Å². The van der Waals surface area contributed by atoms with Gasteiger partial charge in [0.1, 0.15) is 0 Å². The summed E-state index contributed by atoms with van der Waals surface area (Å²) >= 11 is 0. The van der Waals surface area contributed by atoms with E-state index in [-0.39, 0.29) is 18.6 Å². The van der Waals surface area contributed by atoms with Gasteiger partial charge in [-0.3, -0.25) is 0 Å². The fraction of sp³-hybridized carbons (Fsp3) is 0.500. The number of likely N-dealkylation sites (tertiary alicyclic amines) is 1. The van der Waals surface area contributed by atoms with Crippen LogP contribution < -0.4 is 14.8 Å². The van der Waals surface area contributed by atoms with Crippen LogP contribution in [0, 0.1) is 0 Å². The molecular weight excluding hydrogens is 352 g/mol. The topological polar surface area (TPSA) is 99.0 Å². The van der Waals surface area contributed by atoms with E-state index in [1.807, 2.05) is 6.07 Å². The second-order valence-corrected chi connectivity index (χ2v) is 6.18. The van der Waals surface area contributed by atoms with Gasteiger partial charge in [-0.15, -0.1) is 0 Å². The zero-order chi connectivity index (χ0) is 19.2. The van der Waals surface area contributed by atoms with E-state index in [0.717, 1.165) is 24.9 Å². The van der Waals surface area contributed by atoms with Crippen molar-refractivity contribution in [3.05, 3.63) is 24.1 Å². The predicted octanol–water partition coefficient (Wildman–Crippen LogP) is 2.07. The molecule has 1 N–H and O–H groups in total. The first-order valence-electron chi connectivity index (χ1n) is 8.74. The molecule has 2 aromatic rings. The van der Waals surface area contributed by atoms with Crippen molar-refractivity contribution in [3.63, 3.8) is 0 Å². The van der Waals surface area contributed by atoms with Gasteiger partial charge in [-0.25, -0.2) is 4.79 Å². The molecule has 1 aromatic heterocycles. The zero-order valence-corrected chi connectivity index (χ0v) is 15.7. The molecule has 9 heteroatoms. The van der Waals surface area contributed by atoms with Crippen molar-refractivity contribution in [1.29, 1.82) is 0 Å². The molecule has 0 saturated carbocycles. The minimum atomic E-state index is -0.152. The zero-order valence-electron chi connectivity index (χ0n) is 15.7. The average Bonchev–Trinajstić information content (AvgIpc) is 3.35. The van der Waals surface area contributed by atoms with Crippen molar-refractivity contribution >= 4 is 6.03 Å². The summed E-state index contributed by atoms with van der Waals surface area (Å²) in [5.41, 5.74) is 0.730. The predicted molar refractivity (Wildman–Crippen MR) is 96.7 cm³/mol. The standard InChI is InChI=1S/C18H24N4O5/c1-24-11-13-5-4-8-22(13)18(23)19-10-16-20-17(21-27-16)12-6-7-14(25-2)15(9-12)26-3/h6-7,9,13H,4-5,8,10-11H2,1-3H3,(H,19,23). The Hall–Kier alpha value is -2.81. The summed E-state index contributed by atoms with van der Waals surface area (Å²) in [6.45, 7) is 1.42. The summed E-state index contributed by atoms with van der Waals surface area (Å²) in [6.07, 6.45) is 1.93. The normalized spacial score (nSPS) is 16.4. The lowest BCUT2D eigenvalue weighted by atomic mass is 10.2. The van der Waals surface area contributed by atoms with E-state index < -0.39 is 0 Å². The van der Waals surface area contributed by atoms with Gasteiger partial charge >= 0.3 is 6.03 Å². The number of urea groups is 1. The van der Waals surface area contributed by atoms with Crippen molar-refractivity contribution in [2.45, 2.75) is 25.4 Å². The molecule has 27 heavy (non-hydrogen) atoms. The lowest BCUT2D eigenvalue weighted by Gasteiger charge is -2.23. The van der Waals surface area contributed by atoms with E-state index in [1.54, 1.807) is 38.4 Å². The first-order valence-corrected chi connectivity index (χ1v) is 8.74. The number of methoxy groups -OCH3 is 3. The lowest BCUT2D eigenvalue weighted by Crippen LogP contribution is -2.44. The molecule has 9 nitrogen and oxygen atoms in total. The Bertz CT molecular complexity index is 779. The van der Waals surface area contributed by atoms with E-state index in [0.29, 0.717) is 29.8 Å². The molecule has 1 atom stereocenters. The highest BCUT2D eigenvalue weighted by Crippen LogP contribution is 2.31. The number of hydrogen-bond acceptors (Lipinski definition) is 7.